The van der Waals surface area contributed by atoms with Gasteiger partial charge in [-0.15, -0.1) is 0 Å². The fourth-order valence-corrected chi connectivity index (χ4v) is 1.53. The first-order chi connectivity index (χ1) is 7.66. The van der Waals surface area contributed by atoms with E-state index in [0.29, 0.717) is 19.8 Å². The number of ether oxygens (including phenoxy) is 2. The predicted octanol–water partition coefficient (Wildman–Crippen LogP) is 1.38. The van der Waals surface area contributed by atoms with Crippen molar-refractivity contribution in [3.05, 3.63) is 35.1 Å². The van der Waals surface area contributed by atoms with Gasteiger partial charge in [-0.2, -0.15) is 0 Å². The monoisotopic (exact) mass is 241 g/mol. The Balaban J connectivity index is 2.03. The van der Waals surface area contributed by atoms with Crippen LogP contribution in [0.3, 0.4) is 0 Å². The van der Waals surface area contributed by atoms with Crippen LogP contribution >= 0.6 is 12.2 Å². The van der Waals surface area contributed by atoms with Crippen molar-refractivity contribution in [1.82, 2.24) is 0 Å². The lowest BCUT2D eigenvalue weighted by atomic mass is 10.1. The van der Waals surface area contributed by atoms with Gasteiger partial charge in [0.05, 0.1) is 19.8 Å². The van der Waals surface area contributed by atoms with Crippen LogP contribution in [0.1, 0.15) is 11.1 Å². The molecule has 1 aliphatic rings. The molecule has 1 aliphatic heterocycles. The molecule has 1 aromatic rings. The highest BCUT2D eigenvalue weighted by atomic mass is 32.1. The van der Waals surface area contributed by atoms with Crippen LogP contribution in [-0.4, -0.2) is 24.3 Å². The summed E-state index contributed by atoms with van der Waals surface area (Å²) in [6, 6.07) is 4.64. The number of nitrogens with two attached hydrogens (primary N) is 1. The highest BCUT2D eigenvalue weighted by Crippen LogP contribution is 2.14. The Morgan fingerprint density at radius 1 is 1.56 bits per heavy atom. The van der Waals surface area contributed by atoms with Gasteiger partial charge >= 0.3 is 0 Å². The zero-order valence-electron chi connectivity index (χ0n) is 8.61. The minimum Gasteiger partial charge on any atom is -0.389 e. The van der Waals surface area contributed by atoms with Crippen molar-refractivity contribution in [2.24, 2.45) is 5.73 Å². The van der Waals surface area contributed by atoms with E-state index < -0.39 is 5.82 Å². The van der Waals surface area contributed by atoms with Crippen LogP contribution in [0.4, 0.5) is 4.39 Å². The third kappa shape index (κ3) is 2.55. The highest BCUT2D eigenvalue weighted by molar-refractivity contribution is 7.80. The summed E-state index contributed by atoms with van der Waals surface area (Å²) in [6.07, 6.45) is 0.151. The summed E-state index contributed by atoms with van der Waals surface area (Å²) < 4.78 is 23.8. The van der Waals surface area contributed by atoms with Crippen LogP contribution in [0, 0.1) is 5.82 Å². The van der Waals surface area contributed by atoms with Gasteiger partial charge in [0.1, 0.15) is 16.9 Å². The van der Waals surface area contributed by atoms with Gasteiger partial charge in [0.15, 0.2) is 0 Å². The van der Waals surface area contributed by atoms with Crippen molar-refractivity contribution in [2.75, 3.05) is 13.2 Å². The van der Waals surface area contributed by atoms with E-state index in [1.807, 2.05) is 0 Å². The number of thiocarbonyl (C=S) groups is 1. The number of hydrogen-bond donors (Lipinski definition) is 1. The van der Waals surface area contributed by atoms with Gasteiger partial charge in [0.25, 0.3) is 0 Å². The molecular weight excluding hydrogens is 229 g/mol. The molecule has 0 aromatic heterocycles. The van der Waals surface area contributed by atoms with E-state index in [0.717, 1.165) is 5.56 Å². The Kier molecular flexibility index (Phi) is 3.48. The Bertz CT molecular complexity index is 407. The van der Waals surface area contributed by atoms with Crippen LogP contribution in [0.5, 0.6) is 0 Å². The molecule has 0 amide bonds. The maximum Gasteiger partial charge on any atom is 0.133 e. The summed E-state index contributed by atoms with van der Waals surface area (Å²) in [7, 11) is 0. The predicted molar refractivity (Wildman–Crippen MR) is 61.7 cm³/mol. The van der Waals surface area contributed by atoms with Crippen molar-refractivity contribution in [3.63, 3.8) is 0 Å². The van der Waals surface area contributed by atoms with Crippen LogP contribution in [-0.2, 0) is 16.1 Å². The van der Waals surface area contributed by atoms with Crippen LogP contribution in [0.2, 0.25) is 0 Å². The maximum absolute atomic E-state index is 13.3. The van der Waals surface area contributed by atoms with Gasteiger partial charge in [-0.25, -0.2) is 4.39 Å². The second-order valence-corrected chi connectivity index (χ2v) is 4.09. The van der Waals surface area contributed by atoms with Crippen molar-refractivity contribution in [2.45, 2.75) is 12.7 Å². The van der Waals surface area contributed by atoms with Gasteiger partial charge in [0.2, 0.25) is 0 Å². The molecule has 1 aromatic carbocycles. The fourth-order valence-electron chi connectivity index (χ4n) is 1.38. The second kappa shape index (κ2) is 4.86. The molecule has 0 aliphatic carbocycles. The smallest absolute Gasteiger partial charge is 0.133 e. The number of benzene rings is 1. The van der Waals surface area contributed by atoms with Crippen LogP contribution < -0.4 is 5.73 Å². The quantitative estimate of drug-likeness (QED) is 0.809. The summed E-state index contributed by atoms with van der Waals surface area (Å²) in [5.41, 5.74) is 6.53. The Morgan fingerprint density at radius 2 is 2.31 bits per heavy atom. The SMILES string of the molecule is NC(=S)c1cc(COC2COC2)ccc1F. The van der Waals surface area contributed by atoms with E-state index in [2.05, 4.69) is 0 Å². The third-order valence-electron chi connectivity index (χ3n) is 2.39. The molecule has 2 N–H and O–H groups in total. The first-order valence-electron chi connectivity index (χ1n) is 4.94. The zero-order chi connectivity index (χ0) is 11.5. The van der Waals surface area contributed by atoms with Crippen LogP contribution in [0.15, 0.2) is 18.2 Å². The summed E-state index contributed by atoms with van der Waals surface area (Å²) in [4.78, 5) is 0.0614. The van der Waals surface area contributed by atoms with E-state index in [4.69, 9.17) is 27.4 Å². The van der Waals surface area contributed by atoms with E-state index in [-0.39, 0.29) is 16.7 Å². The number of hydrogen-bond acceptors (Lipinski definition) is 3. The molecular formula is C11H12FNO2S. The minimum absolute atomic E-state index is 0.0614. The van der Waals surface area contributed by atoms with Gasteiger partial charge in [-0.05, 0) is 17.7 Å². The molecule has 1 heterocycles. The molecule has 0 spiro atoms. The van der Waals surface area contributed by atoms with E-state index in [1.54, 1.807) is 12.1 Å². The lowest BCUT2D eigenvalue weighted by molar-refractivity contribution is -0.135. The molecule has 1 saturated heterocycles. The molecule has 5 heteroatoms. The van der Waals surface area contributed by atoms with Gasteiger partial charge in [-0.3, -0.25) is 0 Å². The first-order valence-corrected chi connectivity index (χ1v) is 5.35. The zero-order valence-corrected chi connectivity index (χ0v) is 9.43. The Labute approximate surface area is 98.3 Å². The Hall–Kier alpha value is -1.04. The summed E-state index contributed by atoms with van der Waals surface area (Å²) in [6.45, 7) is 1.68. The first kappa shape index (κ1) is 11.4. The second-order valence-electron chi connectivity index (χ2n) is 3.65. The van der Waals surface area contributed by atoms with E-state index >= 15 is 0 Å². The van der Waals surface area contributed by atoms with Crippen molar-refractivity contribution in [3.8, 4) is 0 Å². The van der Waals surface area contributed by atoms with Gasteiger partial charge in [-0.1, -0.05) is 18.3 Å². The average molecular weight is 241 g/mol. The summed E-state index contributed by atoms with van der Waals surface area (Å²) in [5.74, 6) is -0.400. The highest BCUT2D eigenvalue weighted by Gasteiger charge is 2.18. The summed E-state index contributed by atoms with van der Waals surface area (Å²) in [5, 5.41) is 0. The van der Waals surface area contributed by atoms with Crippen molar-refractivity contribution in [1.29, 1.82) is 0 Å². The molecule has 0 atom stereocenters. The normalized spacial score (nSPS) is 15.8. The molecule has 0 radical (unpaired) electrons. The molecule has 86 valence electrons. The molecule has 0 bridgehead atoms. The third-order valence-corrected chi connectivity index (χ3v) is 2.61. The van der Waals surface area contributed by atoms with Crippen molar-refractivity contribution >= 4 is 17.2 Å². The molecule has 0 unspecified atom stereocenters. The van der Waals surface area contributed by atoms with Crippen LogP contribution in [0.25, 0.3) is 0 Å². The minimum atomic E-state index is -0.400. The molecule has 1 fully saturated rings. The maximum atomic E-state index is 13.3. The molecule has 2 rings (SSSR count). The van der Waals surface area contributed by atoms with Crippen molar-refractivity contribution < 1.29 is 13.9 Å². The summed E-state index contributed by atoms with van der Waals surface area (Å²) >= 11 is 4.76. The molecule has 0 saturated carbocycles. The lowest BCUT2D eigenvalue weighted by Gasteiger charge is -2.26. The lowest BCUT2D eigenvalue weighted by Crippen LogP contribution is -2.35. The Morgan fingerprint density at radius 3 is 2.88 bits per heavy atom. The topological polar surface area (TPSA) is 44.5 Å². The fraction of sp³-hybridized carbons (Fsp3) is 0.364. The number of rotatable bonds is 4. The van der Waals surface area contributed by atoms with E-state index in [9.17, 15) is 4.39 Å². The van der Waals surface area contributed by atoms with Gasteiger partial charge in [0, 0.05) is 5.56 Å². The number of halogens is 1. The standard InChI is InChI=1S/C11H12FNO2S/c12-10-2-1-7(3-9(10)11(13)16)4-15-8-5-14-6-8/h1-3,8H,4-6H2,(H2,13,16). The molecule has 16 heavy (non-hydrogen) atoms. The average Bonchev–Trinajstić information content (AvgIpc) is 2.17. The van der Waals surface area contributed by atoms with E-state index in [1.165, 1.54) is 6.07 Å². The van der Waals surface area contributed by atoms with Gasteiger partial charge < -0.3 is 15.2 Å². The molecule has 3 nitrogen and oxygen atoms in total. The largest absolute Gasteiger partial charge is 0.389 e.